The van der Waals surface area contributed by atoms with Crippen LogP contribution in [0.25, 0.3) is 0 Å². The Morgan fingerprint density at radius 1 is 1.10 bits per heavy atom. The van der Waals surface area contributed by atoms with Gasteiger partial charge in [0.15, 0.2) is 0 Å². The van der Waals surface area contributed by atoms with E-state index in [9.17, 15) is 15.3 Å². The monoisotopic (exact) mass is 297 g/mol. The molecular formula is C15H23NO5. The number of ether oxygens (including phenoxy) is 2. The highest BCUT2D eigenvalue weighted by Crippen LogP contribution is 2.24. The van der Waals surface area contributed by atoms with E-state index in [0.717, 1.165) is 13.0 Å². The minimum Gasteiger partial charge on any atom is -0.462 e. The van der Waals surface area contributed by atoms with Crippen LogP contribution in [0.1, 0.15) is 12.5 Å². The molecule has 0 aliphatic carbocycles. The number of benzene rings is 1. The molecule has 1 aliphatic rings. The quantitative estimate of drug-likeness (QED) is 0.594. The van der Waals surface area contributed by atoms with Crippen molar-refractivity contribution in [2.75, 3.05) is 13.6 Å². The van der Waals surface area contributed by atoms with Crippen LogP contribution in [0.2, 0.25) is 0 Å². The fraction of sp³-hybridized carbons (Fsp3) is 0.600. The first kappa shape index (κ1) is 16.2. The molecule has 1 aromatic rings. The lowest BCUT2D eigenvalue weighted by atomic mass is 10.00. The fourth-order valence-electron chi connectivity index (χ4n) is 2.25. The molecule has 5 atom stereocenters. The SMILES string of the molecule is CNCCc1ccc(O[C@@H]2O[C@@H](C)[C@@H](O)[C@@H](O)[C@H]2O)cc1. The fourth-order valence-corrected chi connectivity index (χ4v) is 2.25. The van der Waals surface area contributed by atoms with Crippen molar-refractivity contribution >= 4 is 0 Å². The van der Waals surface area contributed by atoms with Gasteiger partial charge >= 0.3 is 0 Å². The van der Waals surface area contributed by atoms with Gasteiger partial charge in [0.2, 0.25) is 6.29 Å². The molecule has 0 saturated carbocycles. The molecule has 0 unspecified atom stereocenters. The van der Waals surface area contributed by atoms with E-state index >= 15 is 0 Å². The minimum absolute atomic E-state index is 0.544. The smallest absolute Gasteiger partial charge is 0.229 e. The van der Waals surface area contributed by atoms with Crippen LogP contribution in [0.4, 0.5) is 0 Å². The van der Waals surface area contributed by atoms with Gasteiger partial charge < -0.3 is 30.1 Å². The van der Waals surface area contributed by atoms with Gasteiger partial charge in [-0.25, -0.2) is 0 Å². The number of nitrogens with one attached hydrogen (secondary N) is 1. The number of aliphatic hydroxyl groups is 3. The lowest BCUT2D eigenvalue weighted by Crippen LogP contribution is -2.58. The van der Waals surface area contributed by atoms with Crippen LogP contribution in [0, 0.1) is 0 Å². The van der Waals surface area contributed by atoms with E-state index in [1.807, 2.05) is 19.2 Å². The summed E-state index contributed by atoms with van der Waals surface area (Å²) in [4.78, 5) is 0. The summed E-state index contributed by atoms with van der Waals surface area (Å²) in [6.45, 7) is 2.52. The van der Waals surface area contributed by atoms with Gasteiger partial charge in [0.1, 0.15) is 24.1 Å². The Hall–Kier alpha value is -1.18. The zero-order valence-corrected chi connectivity index (χ0v) is 12.3. The number of hydrogen-bond donors (Lipinski definition) is 4. The highest BCUT2D eigenvalue weighted by atomic mass is 16.7. The van der Waals surface area contributed by atoms with Crippen LogP contribution in [0.5, 0.6) is 5.75 Å². The van der Waals surface area contributed by atoms with Crippen molar-refractivity contribution in [3.63, 3.8) is 0 Å². The zero-order chi connectivity index (χ0) is 15.4. The molecule has 6 nitrogen and oxygen atoms in total. The first-order chi connectivity index (χ1) is 10.0. The molecule has 1 heterocycles. The lowest BCUT2D eigenvalue weighted by Gasteiger charge is -2.38. The van der Waals surface area contributed by atoms with Crippen molar-refractivity contribution in [1.29, 1.82) is 0 Å². The first-order valence-electron chi connectivity index (χ1n) is 7.12. The van der Waals surface area contributed by atoms with Crippen molar-refractivity contribution in [3.05, 3.63) is 29.8 Å². The van der Waals surface area contributed by atoms with Gasteiger partial charge in [-0.2, -0.15) is 0 Å². The lowest BCUT2D eigenvalue weighted by molar-refractivity contribution is -0.268. The number of aliphatic hydroxyl groups excluding tert-OH is 3. The van der Waals surface area contributed by atoms with E-state index in [2.05, 4.69) is 5.32 Å². The van der Waals surface area contributed by atoms with E-state index in [0.29, 0.717) is 5.75 Å². The van der Waals surface area contributed by atoms with E-state index in [4.69, 9.17) is 9.47 Å². The molecule has 21 heavy (non-hydrogen) atoms. The molecule has 1 saturated heterocycles. The largest absolute Gasteiger partial charge is 0.462 e. The molecule has 0 bridgehead atoms. The molecule has 0 amide bonds. The first-order valence-corrected chi connectivity index (χ1v) is 7.12. The molecule has 0 radical (unpaired) electrons. The summed E-state index contributed by atoms with van der Waals surface area (Å²) < 4.78 is 10.9. The average Bonchev–Trinajstić information content (AvgIpc) is 2.50. The predicted octanol–water partition coefficient (Wildman–Crippen LogP) is -0.345. The molecule has 1 aliphatic heterocycles. The third-order valence-corrected chi connectivity index (χ3v) is 3.65. The number of hydrogen-bond acceptors (Lipinski definition) is 6. The van der Waals surface area contributed by atoms with Gasteiger partial charge in [0.25, 0.3) is 0 Å². The maximum atomic E-state index is 9.89. The molecule has 118 valence electrons. The van der Waals surface area contributed by atoms with Crippen LogP contribution in [0.15, 0.2) is 24.3 Å². The van der Waals surface area contributed by atoms with Crippen molar-refractivity contribution in [1.82, 2.24) is 5.32 Å². The zero-order valence-electron chi connectivity index (χ0n) is 12.3. The van der Waals surface area contributed by atoms with Gasteiger partial charge in [0.05, 0.1) is 6.10 Å². The summed E-state index contributed by atoms with van der Waals surface area (Å²) in [5.41, 5.74) is 1.17. The third kappa shape index (κ3) is 3.93. The summed E-state index contributed by atoms with van der Waals surface area (Å²) in [6, 6.07) is 7.47. The second kappa shape index (κ2) is 7.20. The maximum Gasteiger partial charge on any atom is 0.229 e. The molecule has 6 heteroatoms. The van der Waals surface area contributed by atoms with Crippen molar-refractivity contribution in [2.45, 2.75) is 44.1 Å². The van der Waals surface area contributed by atoms with Gasteiger partial charge in [-0.05, 0) is 44.6 Å². The van der Waals surface area contributed by atoms with Crippen LogP contribution in [-0.2, 0) is 11.2 Å². The van der Waals surface area contributed by atoms with Gasteiger partial charge in [-0.1, -0.05) is 12.1 Å². The Kier molecular flexibility index (Phi) is 5.55. The number of rotatable bonds is 5. The minimum atomic E-state index is -1.29. The highest BCUT2D eigenvalue weighted by Gasteiger charge is 2.43. The Morgan fingerprint density at radius 3 is 2.38 bits per heavy atom. The molecule has 1 aromatic carbocycles. The normalized spacial score (nSPS) is 32.9. The maximum absolute atomic E-state index is 9.89. The molecule has 0 aromatic heterocycles. The van der Waals surface area contributed by atoms with Crippen molar-refractivity contribution < 1.29 is 24.8 Å². The van der Waals surface area contributed by atoms with Crippen LogP contribution in [0.3, 0.4) is 0 Å². The van der Waals surface area contributed by atoms with E-state index < -0.39 is 30.7 Å². The van der Waals surface area contributed by atoms with Crippen LogP contribution >= 0.6 is 0 Å². The Balaban J connectivity index is 1.97. The average molecular weight is 297 g/mol. The molecule has 2 rings (SSSR count). The summed E-state index contributed by atoms with van der Waals surface area (Å²) >= 11 is 0. The second-order valence-corrected chi connectivity index (χ2v) is 5.30. The topological polar surface area (TPSA) is 91.2 Å². The van der Waals surface area contributed by atoms with Gasteiger partial charge in [-0.3, -0.25) is 0 Å². The summed E-state index contributed by atoms with van der Waals surface area (Å²) in [5, 5.41) is 32.3. The van der Waals surface area contributed by atoms with E-state index in [-0.39, 0.29) is 0 Å². The summed E-state index contributed by atoms with van der Waals surface area (Å²) in [6.07, 6.45) is -4.39. The highest BCUT2D eigenvalue weighted by molar-refractivity contribution is 5.27. The van der Waals surface area contributed by atoms with E-state index in [1.54, 1.807) is 19.1 Å². The second-order valence-electron chi connectivity index (χ2n) is 5.30. The number of likely N-dealkylation sites (N-methyl/N-ethyl adjacent to an activating group) is 1. The predicted molar refractivity (Wildman–Crippen MR) is 77.1 cm³/mol. The van der Waals surface area contributed by atoms with Gasteiger partial charge in [-0.15, -0.1) is 0 Å². The molecule has 4 N–H and O–H groups in total. The standard InChI is InChI=1S/C15H23NO5/c1-9-12(17)13(18)14(19)15(20-9)21-11-5-3-10(4-6-11)7-8-16-2/h3-6,9,12-19H,7-8H2,1-2H3/t9-,12+,13+,14+,15-/m0/s1. The Morgan fingerprint density at radius 2 is 1.76 bits per heavy atom. The molecular weight excluding hydrogens is 274 g/mol. The van der Waals surface area contributed by atoms with Crippen LogP contribution in [-0.4, -0.2) is 59.6 Å². The third-order valence-electron chi connectivity index (χ3n) is 3.65. The van der Waals surface area contributed by atoms with Gasteiger partial charge in [0, 0.05) is 0 Å². The van der Waals surface area contributed by atoms with Crippen LogP contribution < -0.4 is 10.1 Å². The van der Waals surface area contributed by atoms with Crippen molar-refractivity contribution in [3.8, 4) is 5.75 Å². The summed E-state index contributed by atoms with van der Waals surface area (Å²) in [5.74, 6) is 0.544. The summed E-state index contributed by atoms with van der Waals surface area (Å²) in [7, 11) is 1.90. The Labute approximate surface area is 124 Å². The van der Waals surface area contributed by atoms with E-state index in [1.165, 1.54) is 5.56 Å². The van der Waals surface area contributed by atoms with Crippen molar-refractivity contribution in [2.24, 2.45) is 0 Å². The molecule has 0 spiro atoms. The molecule has 1 fully saturated rings. The Bertz CT molecular complexity index is 438.